The quantitative estimate of drug-likeness (QED) is 0.582. The maximum absolute atomic E-state index is 15.1. The van der Waals surface area contributed by atoms with Crippen LogP contribution in [-0.2, 0) is 4.79 Å². The molecule has 150 valence electrons. The molecule has 8 heteroatoms. The number of methoxy groups -OCH3 is 1. The first-order chi connectivity index (χ1) is 13.8. The summed E-state index contributed by atoms with van der Waals surface area (Å²) in [5, 5.41) is 3.94. The van der Waals surface area contributed by atoms with Gasteiger partial charge in [0.25, 0.3) is 0 Å². The number of rotatable bonds is 4. The Bertz CT molecular complexity index is 1150. The molecule has 1 saturated carbocycles. The number of carbonyl (C=O) groups excluding carboxylic acids is 1. The van der Waals surface area contributed by atoms with E-state index in [-0.39, 0.29) is 29.0 Å². The molecule has 1 amide bonds. The van der Waals surface area contributed by atoms with Crippen LogP contribution in [0, 0.1) is 24.6 Å². The van der Waals surface area contributed by atoms with Crippen molar-refractivity contribution in [2.75, 3.05) is 23.9 Å². The number of hydrogen-bond donors (Lipinski definition) is 3. The number of nitrogen functional groups attached to an aromatic ring is 2. The van der Waals surface area contributed by atoms with Crippen molar-refractivity contribution in [3.05, 3.63) is 35.9 Å². The van der Waals surface area contributed by atoms with E-state index in [2.05, 4.69) is 15.3 Å². The second kappa shape index (κ2) is 6.88. The van der Waals surface area contributed by atoms with Crippen LogP contribution in [0.2, 0.25) is 0 Å². The summed E-state index contributed by atoms with van der Waals surface area (Å²) in [7, 11) is 1.47. The molecule has 5 N–H and O–H groups in total. The van der Waals surface area contributed by atoms with E-state index in [1.54, 1.807) is 19.1 Å². The van der Waals surface area contributed by atoms with Gasteiger partial charge in [-0.15, -0.1) is 0 Å². The molecular weight excluding hydrogens is 373 g/mol. The van der Waals surface area contributed by atoms with E-state index >= 15 is 4.39 Å². The number of nitrogens with two attached hydrogens (primary N) is 2. The molecule has 0 aliphatic heterocycles. The summed E-state index contributed by atoms with van der Waals surface area (Å²) in [5.41, 5.74) is 13.9. The Morgan fingerprint density at radius 1 is 1.21 bits per heavy atom. The smallest absolute Gasteiger partial charge is 0.237 e. The Hall–Kier alpha value is -3.42. The van der Waals surface area contributed by atoms with Gasteiger partial charge in [0.2, 0.25) is 11.8 Å². The lowest BCUT2D eigenvalue weighted by Crippen LogP contribution is -2.15. The van der Waals surface area contributed by atoms with Crippen molar-refractivity contribution in [2.24, 2.45) is 11.8 Å². The van der Waals surface area contributed by atoms with Crippen molar-refractivity contribution >= 4 is 33.9 Å². The van der Waals surface area contributed by atoms with Crippen molar-refractivity contribution in [2.45, 2.75) is 20.3 Å². The van der Waals surface area contributed by atoms with Crippen molar-refractivity contribution < 1.29 is 13.9 Å². The zero-order valence-electron chi connectivity index (χ0n) is 16.4. The number of aromatic nitrogens is 2. The topological polar surface area (TPSA) is 116 Å². The van der Waals surface area contributed by atoms with Gasteiger partial charge in [-0.3, -0.25) is 4.79 Å². The van der Waals surface area contributed by atoms with Gasteiger partial charge in [0.15, 0.2) is 5.82 Å². The molecule has 0 radical (unpaired) electrons. The van der Waals surface area contributed by atoms with Gasteiger partial charge in [0.05, 0.1) is 18.5 Å². The van der Waals surface area contributed by atoms with Gasteiger partial charge < -0.3 is 21.5 Å². The Labute approximate surface area is 167 Å². The third kappa shape index (κ3) is 3.20. The third-order valence-electron chi connectivity index (χ3n) is 5.53. The van der Waals surface area contributed by atoms with Crippen molar-refractivity contribution in [1.29, 1.82) is 0 Å². The van der Waals surface area contributed by atoms with Crippen LogP contribution in [0.4, 0.5) is 21.6 Å². The molecule has 1 fully saturated rings. The largest absolute Gasteiger partial charge is 0.480 e. The molecule has 0 spiro atoms. The molecular formula is C21H22FN5O2. The lowest BCUT2D eigenvalue weighted by atomic mass is 9.97. The van der Waals surface area contributed by atoms with Crippen LogP contribution in [0.15, 0.2) is 24.5 Å². The molecule has 7 nitrogen and oxygen atoms in total. The van der Waals surface area contributed by atoms with E-state index < -0.39 is 5.82 Å². The molecule has 1 aromatic carbocycles. The molecule has 2 unspecified atom stereocenters. The fraction of sp³-hybridized carbons (Fsp3) is 0.286. The average Bonchev–Trinajstić information content (AvgIpc) is 3.44. The first kappa shape index (κ1) is 18.9. The lowest BCUT2D eigenvalue weighted by molar-refractivity contribution is -0.117. The second-order valence-corrected chi connectivity index (χ2v) is 7.47. The van der Waals surface area contributed by atoms with Gasteiger partial charge in [0.1, 0.15) is 5.82 Å². The molecule has 3 aromatic rings. The average molecular weight is 395 g/mol. The maximum Gasteiger partial charge on any atom is 0.237 e. The highest BCUT2D eigenvalue weighted by Crippen LogP contribution is 2.39. The Balaban J connectivity index is 1.80. The van der Waals surface area contributed by atoms with E-state index in [9.17, 15) is 4.79 Å². The van der Waals surface area contributed by atoms with Gasteiger partial charge in [-0.1, -0.05) is 6.92 Å². The number of pyridine rings is 2. The van der Waals surface area contributed by atoms with E-state index in [1.807, 2.05) is 6.92 Å². The van der Waals surface area contributed by atoms with Crippen LogP contribution in [0.3, 0.4) is 0 Å². The number of ether oxygens (including phenoxy) is 1. The Morgan fingerprint density at radius 3 is 2.59 bits per heavy atom. The molecule has 0 bridgehead atoms. The molecule has 2 heterocycles. The molecule has 4 rings (SSSR count). The van der Waals surface area contributed by atoms with Crippen LogP contribution >= 0.6 is 0 Å². The minimum atomic E-state index is -0.572. The number of fused-ring (bicyclic) bond motifs is 1. The standard InChI is InChI=1S/C21H22FN5O2/c1-9-4-12(9)20(28)27-16-6-11-5-13(17(22)19(24)15(11)8-25-16)14-7-26-21(29-3)18(23)10(14)2/h5-9,12H,4,23-24H2,1-3H3,(H,25,27,28). The van der Waals surface area contributed by atoms with E-state index in [1.165, 1.54) is 19.5 Å². The normalized spacial score (nSPS) is 17.9. The maximum atomic E-state index is 15.1. The number of anilines is 3. The summed E-state index contributed by atoms with van der Waals surface area (Å²) in [6.45, 7) is 3.80. The molecule has 29 heavy (non-hydrogen) atoms. The van der Waals surface area contributed by atoms with Crippen LogP contribution in [-0.4, -0.2) is 23.0 Å². The fourth-order valence-corrected chi connectivity index (χ4v) is 3.50. The van der Waals surface area contributed by atoms with Crippen LogP contribution in [0.5, 0.6) is 5.88 Å². The number of nitrogens with zero attached hydrogens (tertiary/aromatic N) is 2. The molecule has 0 saturated heterocycles. The van der Waals surface area contributed by atoms with E-state index in [0.717, 1.165) is 6.42 Å². The number of nitrogens with one attached hydrogen (secondary N) is 1. The molecule has 1 aliphatic carbocycles. The molecule has 2 atom stereocenters. The van der Waals surface area contributed by atoms with Crippen LogP contribution < -0.4 is 21.5 Å². The second-order valence-electron chi connectivity index (χ2n) is 7.47. The minimum Gasteiger partial charge on any atom is -0.480 e. The highest BCUT2D eigenvalue weighted by molar-refractivity contribution is 6.00. The van der Waals surface area contributed by atoms with Gasteiger partial charge in [-0.25, -0.2) is 14.4 Å². The minimum absolute atomic E-state index is 0.0209. The summed E-state index contributed by atoms with van der Waals surface area (Å²) in [5.74, 6) is 0.478. The third-order valence-corrected chi connectivity index (χ3v) is 5.53. The summed E-state index contributed by atoms with van der Waals surface area (Å²) in [6.07, 6.45) is 3.86. The number of amides is 1. The molecule has 1 aliphatic rings. The van der Waals surface area contributed by atoms with Crippen LogP contribution in [0.25, 0.3) is 21.9 Å². The van der Waals surface area contributed by atoms with E-state index in [0.29, 0.717) is 39.3 Å². The summed E-state index contributed by atoms with van der Waals surface area (Å²) in [6, 6.07) is 3.35. The lowest BCUT2D eigenvalue weighted by Gasteiger charge is -2.15. The summed E-state index contributed by atoms with van der Waals surface area (Å²) < 4.78 is 20.2. The number of benzene rings is 1. The SMILES string of the molecule is COc1ncc(-c2cc3cc(NC(=O)C4CC4C)ncc3c(N)c2F)c(C)c1N. The summed E-state index contributed by atoms with van der Waals surface area (Å²) in [4.78, 5) is 20.6. The van der Waals surface area contributed by atoms with E-state index in [4.69, 9.17) is 16.2 Å². The fourth-order valence-electron chi connectivity index (χ4n) is 3.50. The van der Waals surface area contributed by atoms with Gasteiger partial charge in [0, 0.05) is 34.8 Å². The monoisotopic (exact) mass is 395 g/mol. The Kier molecular flexibility index (Phi) is 4.49. The van der Waals surface area contributed by atoms with Crippen molar-refractivity contribution in [1.82, 2.24) is 9.97 Å². The van der Waals surface area contributed by atoms with Gasteiger partial charge >= 0.3 is 0 Å². The highest BCUT2D eigenvalue weighted by atomic mass is 19.1. The van der Waals surface area contributed by atoms with Crippen LogP contribution in [0.1, 0.15) is 18.9 Å². The van der Waals surface area contributed by atoms with Gasteiger partial charge in [-0.2, -0.15) is 0 Å². The first-order valence-corrected chi connectivity index (χ1v) is 9.29. The van der Waals surface area contributed by atoms with Crippen molar-refractivity contribution in [3.8, 4) is 17.0 Å². The highest BCUT2D eigenvalue weighted by Gasteiger charge is 2.39. The zero-order chi connectivity index (χ0) is 20.9. The zero-order valence-corrected chi connectivity index (χ0v) is 16.4. The van der Waals surface area contributed by atoms with Crippen molar-refractivity contribution in [3.63, 3.8) is 0 Å². The summed E-state index contributed by atoms with van der Waals surface area (Å²) >= 11 is 0. The predicted octanol–water partition coefficient (Wildman–Crippen LogP) is 3.51. The number of halogens is 1. The predicted molar refractivity (Wildman–Crippen MR) is 111 cm³/mol. The Morgan fingerprint density at radius 2 is 1.93 bits per heavy atom. The first-order valence-electron chi connectivity index (χ1n) is 9.29. The molecule has 2 aromatic heterocycles. The number of hydrogen-bond acceptors (Lipinski definition) is 6. The number of carbonyl (C=O) groups is 1. The van der Waals surface area contributed by atoms with Gasteiger partial charge in [-0.05, 0) is 42.3 Å².